The smallest absolute Gasteiger partial charge is 0.414 e. The van der Waals surface area contributed by atoms with Crippen molar-refractivity contribution < 1.29 is 17.9 Å². The van der Waals surface area contributed by atoms with Crippen molar-refractivity contribution in [2.24, 2.45) is 0 Å². The Balaban J connectivity index is 2.28. The topological polar surface area (TPSA) is 21.3 Å². The minimum Gasteiger partial charge on any atom is -0.479 e. The quantitative estimate of drug-likeness (QED) is 0.727. The fraction of sp³-hybridized carbons (Fsp3) is 0.667. The molecule has 0 unspecified atom stereocenters. The molecule has 1 rings (SSSR count). The van der Waals surface area contributed by atoms with Gasteiger partial charge in [-0.25, -0.2) is 0 Å². The highest BCUT2D eigenvalue weighted by molar-refractivity contribution is 5.24. The second-order valence-corrected chi connectivity index (χ2v) is 3.98. The average Bonchev–Trinajstić information content (AvgIpc) is 2.28. The van der Waals surface area contributed by atoms with Gasteiger partial charge in [-0.2, -0.15) is 13.2 Å². The van der Waals surface area contributed by atoms with Gasteiger partial charge in [0, 0.05) is 6.54 Å². The highest BCUT2D eigenvalue weighted by Crippen LogP contribution is 2.26. The van der Waals surface area contributed by atoms with E-state index in [-0.39, 0.29) is 6.54 Å². The maximum Gasteiger partial charge on any atom is 0.414 e. The molecule has 0 saturated carbocycles. The summed E-state index contributed by atoms with van der Waals surface area (Å²) in [5.41, 5.74) is -0.573. The molecule has 5 heteroatoms. The molecular weight excluding hydrogens is 231 g/mol. The van der Waals surface area contributed by atoms with E-state index < -0.39 is 11.7 Å². The highest BCUT2D eigenvalue weighted by atomic mass is 19.4. The summed E-state index contributed by atoms with van der Waals surface area (Å²) in [6.45, 7) is 2.45. The first-order chi connectivity index (χ1) is 8.04. The van der Waals surface area contributed by atoms with E-state index in [1.54, 1.807) is 0 Å². The molecule has 0 spiro atoms. The van der Waals surface area contributed by atoms with Gasteiger partial charge in [-0.05, 0) is 18.6 Å². The zero-order chi connectivity index (χ0) is 12.7. The maximum atomic E-state index is 12.3. The molecule has 0 aromatic heterocycles. The molecule has 98 valence electrons. The largest absolute Gasteiger partial charge is 0.479 e. The third-order valence-electron chi connectivity index (χ3n) is 2.51. The van der Waals surface area contributed by atoms with Crippen LogP contribution < -0.4 is 5.32 Å². The number of hydrogen-bond acceptors (Lipinski definition) is 2. The molecule has 0 saturated heterocycles. The number of ether oxygens (including phenoxy) is 1. The number of hydrogen-bond donors (Lipinski definition) is 1. The van der Waals surface area contributed by atoms with Crippen LogP contribution in [0.2, 0.25) is 0 Å². The lowest BCUT2D eigenvalue weighted by atomic mass is 10.2. The molecule has 0 aliphatic carbocycles. The fourth-order valence-corrected chi connectivity index (χ4v) is 1.48. The standard InChI is InChI=1S/C12H18F3NO/c1-2-3-4-5-8-17-11-7-6-10(9-16-11)12(13,14)15/h6-7,16H,2-5,8-9H2,1H3. The van der Waals surface area contributed by atoms with Crippen molar-refractivity contribution in [3.63, 3.8) is 0 Å². The van der Waals surface area contributed by atoms with Crippen LogP contribution in [-0.4, -0.2) is 19.3 Å². The van der Waals surface area contributed by atoms with Crippen LogP contribution in [0.4, 0.5) is 13.2 Å². The van der Waals surface area contributed by atoms with Gasteiger partial charge < -0.3 is 10.1 Å². The van der Waals surface area contributed by atoms with Gasteiger partial charge in [0.05, 0.1) is 12.2 Å². The summed E-state index contributed by atoms with van der Waals surface area (Å²) in [5.74, 6) is 0.425. The SMILES string of the molecule is CCCCCCOC1=CC=C(C(F)(F)F)CN1. The Labute approximate surface area is 99.5 Å². The van der Waals surface area contributed by atoms with Crippen molar-refractivity contribution >= 4 is 0 Å². The van der Waals surface area contributed by atoms with Crippen LogP contribution in [0.25, 0.3) is 0 Å². The lowest BCUT2D eigenvalue weighted by molar-refractivity contribution is -0.0932. The normalized spacial score (nSPS) is 16.0. The minimum atomic E-state index is -4.25. The van der Waals surface area contributed by atoms with Gasteiger partial charge in [0.2, 0.25) is 0 Å². The van der Waals surface area contributed by atoms with Gasteiger partial charge >= 0.3 is 6.18 Å². The van der Waals surface area contributed by atoms with Crippen molar-refractivity contribution in [3.05, 3.63) is 23.6 Å². The molecular formula is C12H18F3NO. The minimum absolute atomic E-state index is 0.218. The predicted molar refractivity (Wildman–Crippen MR) is 60.3 cm³/mol. The number of halogens is 3. The summed E-state index contributed by atoms with van der Waals surface area (Å²) in [6.07, 6.45) is 2.49. The summed E-state index contributed by atoms with van der Waals surface area (Å²) in [6, 6.07) is 0. The number of alkyl halides is 3. The predicted octanol–water partition coefficient (Wildman–Crippen LogP) is 3.52. The van der Waals surface area contributed by atoms with Gasteiger partial charge in [-0.3, -0.25) is 0 Å². The fourth-order valence-electron chi connectivity index (χ4n) is 1.48. The molecule has 1 N–H and O–H groups in total. The van der Waals surface area contributed by atoms with E-state index in [0.29, 0.717) is 12.5 Å². The number of rotatable bonds is 6. The molecule has 2 nitrogen and oxygen atoms in total. The van der Waals surface area contributed by atoms with Crippen LogP contribution in [0.1, 0.15) is 32.6 Å². The number of dihydropyridines is 1. The molecule has 0 bridgehead atoms. The second-order valence-electron chi connectivity index (χ2n) is 3.98. The van der Waals surface area contributed by atoms with E-state index in [1.807, 2.05) is 0 Å². The van der Waals surface area contributed by atoms with Crippen molar-refractivity contribution in [1.82, 2.24) is 5.32 Å². The van der Waals surface area contributed by atoms with Gasteiger partial charge in [0.15, 0.2) is 5.88 Å². The third-order valence-corrected chi connectivity index (χ3v) is 2.51. The van der Waals surface area contributed by atoms with E-state index >= 15 is 0 Å². The molecule has 0 aromatic rings. The van der Waals surface area contributed by atoms with Gasteiger partial charge in [0.1, 0.15) is 0 Å². The van der Waals surface area contributed by atoms with Crippen molar-refractivity contribution in [2.75, 3.05) is 13.2 Å². The number of allylic oxidation sites excluding steroid dienone is 2. The monoisotopic (exact) mass is 249 g/mol. The van der Waals surface area contributed by atoms with E-state index in [9.17, 15) is 13.2 Å². The van der Waals surface area contributed by atoms with E-state index in [4.69, 9.17) is 4.74 Å². The van der Waals surface area contributed by atoms with Crippen LogP contribution in [0.5, 0.6) is 0 Å². The Hall–Kier alpha value is -1.13. The molecule has 1 aliphatic heterocycles. The lowest BCUT2D eigenvalue weighted by Gasteiger charge is -2.19. The first-order valence-electron chi connectivity index (χ1n) is 5.88. The Kier molecular flexibility index (Phi) is 5.38. The van der Waals surface area contributed by atoms with Crippen molar-refractivity contribution in [1.29, 1.82) is 0 Å². The van der Waals surface area contributed by atoms with Gasteiger partial charge in [-0.1, -0.05) is 26.2 Å². The number of unbranched alkanes of at least 4 members (excludes halogenated alkanes) is 3. The zero-order valence-electron chi connectivity index (χ0n) is 9.94. The third kappa shape index (κ3) is 5.15. The highest BCUT2D eigenvalue weighted by Gasteiger charge is 2.33. The van der Waals surface area contributed by atoms with Crippen LogP contribution in [0, 0.1) is 0 Å². The van der Waals surface area contributed by atoms with E-state index in [1.165, 1.54) is 6.08 Å². The Morgan fingerprint density at radius 3 is 2.53 bits per heavy atom. The molecule has 0 aromatic carbocycles. The van der Waals surface area contributed by atoms with Crippen molar-refractivity contribution in [2.45, 2.75) is 38.8 Å². The molecule has 17 heavy (non-hydrogen) atoms. The first-order valence-corrected chi connectivity index (χ1v) is 5.88. The Bertz CT molecular complexity index is 295. The van der Waals surface area contributed by atoms with Crippen LogP contribution in [0.15, 0.2) is 23.6 Å². The lowest BCUT2D eigenvalue weighted by Crippen LogP contribution is -2.28. The first kappa shape index (κ1) is 13.9. The molecule has 0 atom stereocenters. The number of nitrogens with one attached hydrogen (secondary N) is 1. The van der Waals surface area contributed by atoms with Gasteiger partial charge in [-0.15, -0.1) is 0 Å². The summed E-state index contributed by atoms with van der Waals surface area (Å²) >= 11 is 0. The summed E-state index contributed by atoms with van der Waals surface area (Å²) in [7, 11) is 0. The average molecular weight is 249 g/mol. The maximum absolute atomic E-state index is 12.3. The summed E-state index contributed by atoms with van der Waals surface area (Å²) in [5, 5.41) is 2.62. The zero-order valence-corrected chi connectivity index (χ0v) is 9.94. The molecule has 0 radical (unpaired) electrons. The van der Waals surface area contributed by atoms with E-state index in [2.05, 4.69) is 12.2 Å². The molecule has 1 aliphatic rings. The van der Waals surface area contributed by atoms with E-state index in [0.717, 1.165) is 31.8 Å². The van der Waals surface area contributed by atoms with Gasteiger partial charge in [0.25, 0.3) is 0 Å². The van der Waals surface area contributed by atoms with Crippen LogP contribution >= 0.6 is 0 Å². The van der Waals surface area contributed by atoms with Crippen LogP contribution in [0.3, 0.4) is 0 Å². The van der Waals surface area contributed by atoms with Crippen LogP contribution in [-0.2, 0) is 4.74 Å². The van der Waals surface area contributed by atoms with Crippen molar-refractivity contribution in [3.8, 4) is 0 Å². The Morgan fingerprint density at radius 1 is 1.24 bits per heavy atom. The summed E-state index contributed by atoms with van der Waals surface area (Å²) < 4.78 is 42.2. The second kappa shape index (κ2) is 6.57. The molecule has 1 heterocycles. The molecule has 0 amide bonds. The summed E-state index contributed by atoms with van der Waals surface area (Å²) in [4.78, 5) is 0. The Morgan fingerprint density at radius 2 is 2.00 bits per heavy atom. The molecule has 0 fully saturated rings.